The van der Waals surface area contributed by atoms with Crippen molar-refractivity contribution in [2.75, 3.05) is 5.32 Å². The molecule has 0 spiro atoms. The third-order valence-electron chi connectivity index (χ3n) is 2.11. The van der Waals surface area contributed by atoms with Gasteiger partial charge in [0.15, 0.2) is 0 Å². The maximum Gasteiger partial charge on any atom is 0.336 e. The summed E-state index contributed by atoms with van der Waals surface area (Å²) in [5.74, 6) is -0.893. The van der Waals surface area contributed by atoms with Crippen LogP contribution in [0.25, 0.3) is 0 Å². The first-order valence-electron chi connectivity index (χ1n) is 4.82. The lowest BCUT2D eigenvalue weighted by atomic mass is 10.3. The molecule has 4 nitrogen and oxygen atoms in total. The molecule has 2 aromatic heterocycles. The fourth-order valence-electron chi connectivity index (χ4n) is 1.29. The molecule has 0 aromatic carbocycles. The van der Waals surface area contributed by atoms with Gasteiger partial charge in [0.2, 0.25) is 0 Å². The molecule has 0 aliphatic heterocycles. The minimum Gasteiger partial charge on any atom is -0.478 e. The van der Waals surface area contributed by atoms with Gasteiger partial charge in [0.05, 0.1) is 11.3 Å². The van der Waals surface area contributed by atoms with Crippen LogP contribution in [0.2, 0.25) is 0 Å². The van der Waals surface area contributed by atoms with Gasteiger partial charge in [-0.1, -0.05) is 0 Å². The monoisotopic (exact) mass is 312 g/mol. The summed E-state index contributed by atoms with van der Waals surface area (Å²) in [4.78, 5) is 15.8. The van der Waals surface area contributed by atoms with Crippen molar-refractivity contribution in [2.45, 2.75) is 6.54 Å². The van der Waals surface area contributed by atoms with Gasteiger partial charge in [0, 0.05) is 23.0 Å². The average molecular weight is 313 g/mol. The summed E-state index contributed by atoms with van der Waals surface area (Å²) < 4.78 is 0.745. The second kappa shape index (κ2) is 5.29. The summed E-state index contributed by atoms with van der Waals surface area (Å²) in [6, 6.07) is 5.41. The molecule has 0 radical (unpaired) electrons. The molecule has 88 valence electrons. The number of thiophene rings is 1. The predicted molar refractivity (Wildman–Crippen MR) is 70.5 cm³/mol. The molecule has 0 saturated heterocycles. The van der Waals surface area contributed by atoms with Crippen LogP contribution in [0, 0.1) is 0 Å². The summed E-state index contributed by atoms with van der Waals surface area (Å²) in [5.41, 5.74) is 1.22. The number of aromatic carboxylic acids is 1. The van der Waals surface area contributed by atoms with Crippen molar-refractivity contribution in [3.8, 4) is 0 Å². The number of carboxylic acids is 1. The molecular weight excluding hydrogens is 304 g/mol. The highest BCUT2D eigenvalue weighted by molar-refractivity contribution is 9.10. The Labute approximate surface area is 110 Å². The third-order valence-corrected chi connectivity index (χ3v) is 3.68. The molecule has 2 heterocycles. The van der Waals surface area contributed by atoms with Crippen molar-refractivity contribution in [3.63, 3.8) is 0 Å². The molecule has 0 bridgehead atoms. The van der Waals surface area contributed by atoms with Gasteiger partial charge in [0.1, 0.15) is 4.60 Å². The van der Waals surface area contributed by atoms with Crippen molar-refractivity contribution < 1.29 is 9.90 Å². The molecule has 2 N–H and O–H groups in total. The normalized spacial score (nSPS) is 10.2. The van der Waals surface area contributed by atoms with E-state index in [4.69, 9.17) is 5.11 Å². The van der Waals surface area contributed by atoms with E-state index in [0.29, 0.717) is 12.1 Å². The number of hydrogen-bond donors (Lipinski definition) is 2. The van der Waals surface area contributed by atoms with E-state index in [1.54, 1.807) is 17.6 Å². The Hall–Kier alpha value is -1.40. The summed E-state index contributed by atoms with van der Waals surface area (Å²) in [6.45, 7) is 0.586. The number of carbonyl (C=O) groups is 1. The van der Waals surface area contributed by atoms with Gasteiger partial charge in [0.25, 0.3) is 0 Å². The molecule has 0 fully saturated rings. The minimum atomic E-state index is -0.893. The van der Waals surface area contributed by atoms with E-state index >= 15 is 0 Å². The van der Waals surface area contributed by atoms with E-state index in [1.165, 1.54) is 11.3 Å². The molecule has 17 heavy (non-hydrogen) atoms. The number of halogens is 1. The highest BCUT2D eigenvalue weighted by Gasteiger charge is 2.06. The number of hydrogen-bond acceptors (Lipinski definition) is 4. The van der Waals surface area contributed by atoms with Crippen LogP contribution in [0.3, 0.4) is 0 Å². The molecule has 0 atom stereocenters. The Kier molecular flexibility index (Phi) is 3.75. The molecule has 0 aliphatic rings. The molecule has 2 aromatic rings. The van der Waals surface area contributed by atoms with Crippen LogP contribution in [-0.2, 0) is 6.54 Å². The quantitative estimate of drug-likeness (QED) is 0.851. The standard InChI is InChI=1S/C11H9BrN2O2S/c12-10-9(2-1-3-13-10)14-5-8-4-7(6-17-8)11(15)16/h1-4,6,14H,5H2,(H,15,16). The molecule has 0 amide bonds. The summed E-state index contributed by atoms with van der Waals surface area (Å²) in [6.07, 6.45) is 1.70. The molecule has 0 aliphatic carbocycles. The maximum absolute atomic E-state index is 10.7. The van der Waals surface area contributed by atoms with Crippen LogP contribution in [0.4, 0.5) is 5.69 Å². The Morgan fingerprint density at radius 2 is 2.41 bits per heavy atom. The second-order valence-electron chi connectivity index (χ2n) is 3.30. The van der Waals surface area contributed by atoms with E-state index in [1.807, 2.05) is 12.1 Å². The van der Waals surface area contributed by atoms with E-state index < -0.39 is 5.97 Å². The first kappa shape index (κ1) is 12.1. The highest BCUT2D eigenvalue weighted by Crippen LogP contribution is 2.21. The lowest BCUT2D eigenvalue weighted by molar-refractivity contribution is 0.0697. The van der Waals surface area contributed by atoms with Crippen LogP contribution in [-0.4, -0.2) is 16.1 Å². The zero-order chi connectivity index (χ0) is 12.3. The van der Waals surface area contributed by atoms with Crippen LogP contribution >= 0.6 is 27.3 Å². The molecule has 0 saturated carbocycles. The van der Waals surface area contributed by atoms with E-state index in [0.717, 1.165) is 15.2 Å². The van der Waals surface area contributed by atoms with E-state index in [9.17, 15) is 4.79 Å². The maximum atomic E-state index is 10.7. The summed E-state index contributed by atoms with van der Waals surface area (Å²) in [7, 11) is 0. The van der Waals surface area contributed by atoms with Crippen molar-refractivity contribution >= 4 is 38.9 Å². The zero-order valence-corrected chi connectivity index (χ0v) is 11.1. The minimum absolute atomic E-state index is 0.331. The van der Waals surface area contributed by atoms with Crippen LogP contribution in [0.15, 0.2) is 34.4 Å². The Balaban J connectivity index is 2.02. The lowest BCUT2D eigenvalue weighted by Gasteiger charge is -2.05. The number of anilines is 1. The lowest BCUT2D eigenvalue weighted by Crippen LogP contribution is -1.99. The average Bonchev–Trinajstić information content (AvgIpc) is 2.77. The van der Waals surface area contributed by atoms with E-state index in [2.05, 4.69) is 26.2 Å². The number of pyridine rings is 1. The molecule has 2 rings (SSSR count). The highest BCUT2D eigenvalue weighted by atomic mass is 79.9. The first-order chi connectivity index (χ1) is 8.16. The Bertz CT molecular complexity index is 542. The zero-order valence-electron chi connectivity index (χ0n) is 8.68. The largest absolute Gasteiger partial charge is 0.478 e. The molecule has 0 unspecified atom stereocenters. The van der Waals surface area contributed by atoms with Crippen molar-refractivity contribution in [1.29, 1.82) is 0 Å². The van der Waals surface area contributed by atoms with Crippen molar-refractivity contribution in [1.82, 2.24) is 4.98 Å². The van der Waals surface area contributed by atoms with Gasteiger partial charge < -0.3 is 10.4 Å². The second-order valence-corrected chi connectivity index (χ2v) is 5.05. The van der Waals surface area contributed by atoms with Crippen LogP contribution in [0.1, 0.15) is 15.2 Å². The van der Waals surface area contributed by atoms with E-state index in [-0.39, 0.29) is 0 Å². The fourth-order valence-corrected chi connectivity index (χ4v) is 2.47. The predicted octanol–water partition coefficient (Wildman–Crippen LogP) is 3.22. The summed E-state index contributed by atoms with van der Waals surface area (Å²) in [5, 5.41) is 13.6. The third kappa shape index (κ3) is 3.04. The first-order valence-corrected chi connectivity index (χ1v) is 6.49. The van der Waals surface area contributed by atoms with Crippen LogP contribution < -0.4 is 5.32 Å². The summed E-state index contributed by atoms with van der Waals surface area (Å²) >= 11 is 4.76. The SMILES string of the molecule is O=C(O)c1csc(CNc2cccnc2Br)c1. The topological polar surface area (TPSA) is 62.2 Å². The fraction of sp³-hybridized carbons (Fsp3) is 0.0909. The number of aromatic nitrogens is 1. The van der Waals surface area contributed by atoms with Gasteiger partial charge in [-0.2, -0.15) is 0 Å². The van der Waals surface area contributed by atoms with Gasteiger partial charge in [-0.25, -0.2) is 9.78 Å². The molecule has 6 heteroatoms. The van der Waals surface area contributed by atoms with Gasteiger partial charge in [-0.15, -0.1) is 11.3 Å². The van der Waals surface area contributed by atoms with Crippen LogP contribution in [0.5, 0.6) is 0 Å². The van der Waals surface area contributed by atoms with Crippen molar-refractivity contribution in [3.05, 3.63) is 44.8 Å². The number of nitrogens with one attached hydrogen (secondary N) is 1. The number of nitrogens with zero attached hydrogens (tertiary/aromatic N) is 1. The van der Waals surface area contributed by atoms with Crippen molar-refractivity contribution in [2.24, 2.45) is 0 Å². The smallest absolute Gasteiger partial charge is 0.336 e. The van der Waals surface area contributed by atoms with Gasteiger partial charge in [-0.05, 0) is 34.1 Å². The van der Waals surface area contributed by atoms with Gasteiger partial charge >= 0.3 is 5.97 Å². The van der Waals surface area contributed by atoms with Gasteiger partial charge in [-0.3, -0.25) is 0 Å². The number of carboxylic acid groups (broad SMARTS) is 1. The number of rotatable bonds is 4. The Morgan fingerprint density at radius 1 is 1.59 bits per heavy atom. The Morgan fingerprint density at radius 3 is 3.06 bits per heavy atom. The molecular formula is C11H9BrN2O2S.